The number of benzene rings is 1. The number of aliphatic hydroxyl groups excluding tert-OH is 1. The van der Waals surface area contributed by atoms with Gasteiger partial charge in [0, 0.05) is 31.1 Å². The van der Waals surface area contributed by atoms with E-state index in [0.29, 0.717) is 23.0 Å². The van der Waals surface area contributed by atoms with E-state index in [1.54, 1.807) is 28.0 Å². The molecular formula is C16H21ClN2O4. The molecule has 1 heterocycles. The zero-order chi connectivity index (χ0) is 17.0. The molecule has 1 aromatic carbocycles. The van der Waals surface area contributed by atoms with Crippen LogP contribution in [0.2, 0.25) is 5.02 Å². The van der Waals surface area contributed by atoms with Gasteiger partial charge >= 0.3 is 0 Å². The van der Waals surface area contributed by atoms with Gasteiger partial charge in [-0.1, -0.05) is 11.6 Å². The normalized spacial score (nSPS) is 17.5. The van der Waals surface area contributed by atoms with Crippen LogP contribution in [-0.2, 0) is 9.59 Å². The van der Waals surface area contributed by atoms with Gasteiger partial charge in [0.25, 0.3) is 0 Å². The number of aliphatic hydroxyl groups is 1. The van der Waals surface area contributed by atoms with E-state index in [0.717, 1.165) is 0 Å². The van der Waals surface area contributed by atoms with E-state index >= 15 is 0 Å². The number of hydrogen-bond acceptors (Lipinski definition) is 4. The van der Waals surface area contributed by atoms with Crippen LogP contribution in [0.1, 0.15) is 13.3 Å². The fraction of sp³-hybridized carbons (Fsp3) is 0.500. The predicted octanol–water partition coefficient (Wildman–Crippen LogP) is 1.54. The fourth-order valence-electron chi connectivity index (χ4n) is 2.78. The number of methoxy groups -OCH3 is 1. The molecule has 6 nitrogen and oxygen atoms in total. The Kier molecular flexibility index (Phi) is 5.85. The van der Waals surface area contributed by atoms with Crippen LogP contribution in [0.5, 0.6) is 5.75 Å². The standard InChI is InChI=1S/C16H21ClN2O4/c1-3-18(6-7-20)16(22)11-8-15(21)19(10-11)13-9-12(17)4-5-14(13)23-2/h4-5,9,11,20H,3,6-8,10H2,1-2H3. The summed E-state index contributed by atoms with van der Waals surface area (Å²) < 4.78 is 5.28. The van der Waals surface area contributed by atoms with Crippen molar-refractivity contribution >= 4 is 29.1 Å². The van der Waals surface area contributed by atoms with Crippen LogP contribution in [0, 0.1) is 5.92 Å². The predicted molar refractivity (Wildman–Crippen MR) is 87.8 cm³/mol. The van der Waals surface area contributed by atoms with Crippen molar-refractivity contribution in [1.82, 2.24) is 4.90 Å². The van der Waals surface area contributed by atoms with Crippen molar-refractivity contribution in [3.05, 3.63) is 23.2 Å². The lowest BCUT2D eigenvalue weighted by Crippen LogP contribution is -2.39. The molecule has 0 spiro atoms. The Hall–Kier alpha value is -1.79. The Bertz CT molecular complexity index is 593. The molecule has 126 valence electrons. The van der Waals surface area contributed by atoms with Crippen LogP contribution in [0.4, 0.5) is 5.69 Å². The summed E-state index contributed by atoms with van der Waals surface area (Å²) in [5.74, 6) is -0.126. The first-order chi connectivity index (χ1) is 11.0. The third-order valence-electron chi connectivity index (χ3n) is 3.97. The topological polar surface area (TPSA) is 70.1 Å². The molecule has 0 bridgehead atoms. The molecule has 0 saturated carbocycles. The molecule has 0 aliphatic carbocycles. The number of anilines is 1. The number of likely N-dealkylation sites (N-methyl/N-ethyl adjacent to an activating group) is 1. The summed E-state index contributed by atoms with van der Waals surface area (Å²) in [6, 6.07) is 5.05. The third-order valence-corrected chi connectivity index (χ3v) is 4.20. The maximum Gasteiger partial charge on any atom is 0.228 e. The molecule has 7 heteroatoms. The molecule has 1 atom stereocenters. The average molecular weight is 341 g/mol. The van der Waals surface area contributed by atoms with Crippen LogP contribution in [-0.4, -0.2) is 55.2 Å². The summed E-state index contributed by atoms with van der Waals surface area (Å²) in [4.78, 5) is 27.9. The number of ether oxygens (including phenoxy) is 1. The Labute approximate surface area is 140 Å². The van der Waals surface area contributed by atoms with Crippen LogP contribution in [0.3, 0.4) is 0 Å². The van der Waals surface area contributed by atoms with Crippen molar-refractivity contribution in [1.29, 1.82) is 0 Å². The number of carbonyl (C=O) groups is 2. The van der Waals surface area contributed by atoms with Gasteiger partial charge in [0.1, 0.15) is 5.75 Å². The summed E-state index contributed by atoms with van der Waals surface area (Å²) in [5.41, 5.74) is 0.575. The molecule has 0 aromatic heterocycles. The van der Waals surface area contributed by atoms with E-state index in [1.165, 1.54) is 7.11 Å². The van der Waals surface area contributed by atoms with Crippen molar-refractivity contribution in [2.75, 3.05) is 38.3 Å². The van der Waals surface area contributed by atoms with Gasteiger partial charge in [-0.2, -0.15) is 0 Å². The van der Waals surface area contributed by atoms with Crippen molar-refractivity contribution in [3.8, 4) is 5.75 Å². The molecule has 2 rings (SSSR count). The molecule has 1 unspecified atom stereocenters. The number of rotatable bonds is 6. The second-order valence-electron chi connectivity index (χ2n) is 5.36. The lowest BCUT2D eigenvalue weighted by Gasteiger charge is -2.24. The molecule has 2 amide bonds. The first-order valence-electron chi connectivity index (χ1n) is 7.55. The SMILES string of the molecule is CCN(CCO)C(=O)C1CC(=O)N(c2cc(Cl)ccc2OC)C1. The van der Waals surface area contributed by atoms with Gasteiger partial charge in [0.05, 0.1) is 25.3 Å². The zero-order valence-electron chi connectivity index (χ0n) is 13.3. The van der Waals surface area contributed by atoms with Crippen LogP contribution >= 0.6 is 11.6 Å². The molecule has 1 aliphatic heterocycles. The van der Waals surface area contributed by atoms with E-state index < -0.39 is 5.92 Å². The molecule has 1 aromatic rings. The molecule has 23 heavy (non-hydrogen) atoms. The van der Waals surface area contributed by atoms with Crippen LogP contribution in [0.25, 0.3) is 0 Å². The lowest BCUT2D eigenvalue weighted by atomic mass is 10.1. The molecular weight excluding hydrogens is 320 g/mol. The summed E-state index contributed by atoms with van der Waals surface area (Å²) in [6.07, 6.45) is 0.149. The van der Waals surface area contributed by atoms with Gasteiger partial charge in [-0.15, -0.1) is 0 Å². The van der Waals surface area contributed by atoms with E-state index in [9.17, 15) is 9.59 Å². The fourth-order valence-corrected chi connectivity index (χ4v) is 2.95. The second kappa shape index (κ2) is 7.66. The minimum Gasteiger partial charge on any atom is -0.495 e. The number of nitrogens with zero attached hydrogens (tertiary/aromatic N) is 2. The van der Waals surface area contributed by atoms with Crippen molar-refractivity contribution < 1.29 is 19.4 Å². The van der Waals surface area contributed by atoms with Gasteiger partial charge in [-0.3, -0.25) is 9.59 Å². The summed E-state index contributed by atoms with van der Waals surface area (Å²) >= 11 is 6.02. The molecule has 1 N–H and O–H groups in total. The van der Waals surface area contributed by atoms with E-state index in [-0.39, 0.29) is 37.9 Å². The first-order valence-corrected chi connectivity index (χ1v) is 7.93. The summed E-state index contributed by atoms with van der Waals surface area (Å²) in [6.45, 7) is 2.83. The van der Waals surface area contributed by atoms with Crippen molar-refractivity contribution in [3.63, 3.8) is 0 Å². The average Bonchev–Trinajstić information content (AvgIpc) is 2.93. The van der Waals surface area contributed by atoms with Gasteiger partial charge in [0.15, 0.2) is 0 Å². The Morgan fingerprint density at radius 3 is 2.87 bits per heavy atom. The van der Waals surface area contributed by atoms with Crippen molar-refractivity contribution in [2.45, 2.75) is 13.3 Å². The van der Waals surface area contributed by atoms with Crippen LogP contribution in [0.15, 0.2) is 18.2 Å². The highest BCUT2D eigenvalue weighted by Crippen LogP contribution is 2.35. The highest BCUT2D eigenvalue weighted by Gasteiger charge is 2.37. The molecule has 1 fully saturated rings. The van der Waals surface area contributed by atoms with Gasteiger partial charge in [-0.05, 0) is 25.1 Å². The van der Waals surface area contributed by atoms with Crippen LogP contribution < -0.4 is 9.64 Å². The molecule has 1 aliphatic rings. The Morgan fingerprint density at radius 1 is 1.52 bits per heavy atom. The van der Waals surface area contributed by atoms with Gasteiger partial charge in [0.2, 0.25) is 11.8 Å². The highest BCUT2D eigenvalue weighted by molar-refractivity contribution is 6.31. The number of halogens is 1. The largest absolute Gasteiger partial charge is 0.495 e. The number of carbonyl (C=O) groups excluding carboxylic acids is 2. The number of amides is 2. The second-order valence-corrected chi connectivity index (χ2v) is 5.80. The lowest BCUT2D eigenvalue weighted by molar-refractivity contribution is -0.136. The zero-order valence-corrected chi connectivity index (χ0v) is 14.0. The monoisotopic (exact) mass is 340 g/mol. The minimum absolute atomic E-state index is 0.0912. The van der Waals surface area contributed by atoms with E-state index in [1.807, 2.05) is 6.92 Å². The third kappa shape index (κ3) is 3.76. The quantitative estimate of drug-likeness (QED) is 0.853. The molecule has 0 radical (unpaired) electrons. The maximum absolute atomic E-state index is 12.5. The Morgan fingerprint density at radius 2 is 2.26 bits per heavy atom. The van der Waals surface area contributed by atoms with E-state index in [4.69, 9.17) is 21.4 Å². The maximum atomic E-state index is 12.5. The summed E-state index contributed by atoms with van der Waals surface area (Å²) in [5, 5.41) is 9.54. The smallest absolute Gasteiger partial charge is 0.228 e. The highest BCUT2D eigenvalue weighted by atomic mass is 35.5. The minimum atomic E-state index is -0.419. The molecule has 1 saturated heterocycles. The Balaban J connectivity index is 2.20. The van der Waals surface area contributed by atoms with Gasteiger partial charge < -0.3 is 19.6 Å². The summed E-state index contributed by atoms with van der Waals surface area (Å²) in [7, 11) is 1.52. The first kappa shape index (κ1) is 17.6. The van der Waals surface area contributed by atoms with Crippen molar-refractivity contribution in [2.24, 2.45) is 5.92 Å². The van der Waals surface area contributed by atoms with E-state index in [2.05, 4.69) is 0 Å². The number of hydrogen-bond donors (Lipinski definition) is 1. The van der Waals surface area contributed by atoms with Gasteiger partial charge in [-0.25, -0.2) is 0 Å².